The van der Waals surface area contributed by atoms with Gasteiger partial charge in [0.05, 0.1) is 96.0 Å². The Kier molecular flexibility index (Phi) is 27.9. The molecule has 2 amide bonds. The second kappa shape index (κ2) is 38.4. The number of carbonyl (C=O) groups excluding carboxylic acids is 2. The summed E-state index contributed by atoms with van der Waals surface area (Å²) in [6.45, 7) is 12.6. The topological polar surface area (TPSA) is 371 Å². The minimum absolute atomic E-state index is 0. The van der Waals surface area contributed by atoms with Crippen LogP contribution in [0.25, 0.3) is 77.5 Å². The monoisotopic (exact) mass is 2080 g/mol. The van der Waals surface area contributed by atoms with Crippen LogP contribution >= 0.6 is 11.6 Å². The molecule has 4 aliphatic carbocycles. The van der Waals surface area contributed by atoms with Gasteiger partial charge in [0, 0.05) is 105 Å². The van der Waals surface area contributed by atoms with Crippen LogP contribution in [0.15, 0.2) is 119 Å². The zero-order valence-corrected chi connectivity index (χ0v) is 80.0. The molecule has 730 valence electrons. The molecule has 6 aromatic carbocycles. The van der Waals surface area contributed by atoms with Crippen LogP contribution in [0.3, 0.4) is 0 Å². The van der Waals surface area contributed by atoms with Gasteiger partial charge in [-0.2, -0.15) is 38.0 Å². The van der Waals surface area contributed by atoms with E-state index in [1.807, 2.05) is 34.3 Å². The predicted molar refractivity (Wildman–Crippen MR) is 490 cm³/mol. The van der Waals surface area contributed by atoms with Crippen molar-refractivity contribution in [2.75, 3.05) is 22.0 Å². The van der Waals surface area contributed by atoms with Gasteiger partial charge in [0.15, 0.2) is 11.6 Å². The van der Waals surface area contributed by atoms with E-state index in [0.717, 1.165) is 57.3 Å². The van der Waals surface area contributed by atoms with Crippen LogP contribution in [0.5, 0.6) is 0 Å². The summed E-state index contributed by atoms with van der Waals surface area (Å²) in [7, 11) is -5.21. The maximum Gasteiger partial charge on any atom is 0.426 e. The van der Waals surface area contributed by atoms with E-state index in [1.54, 1.807) is 69.3 Å². The molecule has 1 aliphatic heterocycles. The molecule has 139 heavy (non-hydrogen) atoms. The number of sulfonamides is 2. The van der Waals surface area contributed by atoms with Crippen molar-refractivity contribution in [1.82, 2.24) is 88.8 Å². The molecule has 2 saturated carbocycles. The van der Waals surface area contributed by atoms with Gasteiger partial charge in [0.1, 0.15) is 82.4 Å². The van der Waals surface area contributed by atoms with E-state index in [2.05, 4.69) is 60.4 Å². The number of amides is 2. The average molecular weight is 2080 g/mol. The first-order valence-electron chi connectivity index (χ1n) is 43.0. The quantitative estimate of drug-likeness (QED) is 0.0248. The summed E-state index contributed by atoms with van der Waals surface area (Å²) in [6.07, 6.45) is -4.28. The minimum Gasteiger partial charge on any atom is -0.453 e. The minimum atomic E-state index is -3.92. The molecule has 0 bridgehead atoms. The van der Waals surface area contributed by atoms with Gasteiger partial charge in [-0.3, -0.25) is 56.5 Å². The van der Waals surface area contributed by atoms with Gasteiger partial charge in [0.2, 0.25) is 31.9 Å². The van der Waals surface area contributed by atoms with Gasteiger partial charge in [-0.25, -0.2) is 81.9 Å². The van der Waals surface area contributed by atoms with E-state index in [9.17, 15) is 61.5 Å². The summed E-state index contributed by atoms with van der Waals surface area (Å²) in [5.74, 6) is -16.9. The fourth-order valence-electron chi connectivity index (χ4n) is 18.5. The summed E-state index contributed by atoms with van der Waals surface area (Å²) in [5, 5.41) is 22.1. The number of fused-ring (bicyclic) bond motifs is 10. The molecule has 8 aromatic heterocycles. The van der Waals surface area contributed by atoms with Crippen LogP contribution < -0.4 is 31.2 Å². The summed E-state index contributed by atoms with van der Waals surface area (Å²) >= 11 is 6.65. The van der Waals surface area contributed by atoms with Crippen LogP contribution in [-0.2, 0) is 128 Å². The Labute approximate surface area is 805 Å². The van der Waals surface area contributed by atoms with Crippen LogP contribution in [0.2, 0.25) is 25.5 Å². The molecule has 1 saturated heterocycles. The Hall–Kier alpha value is -12.3. The molecule has 50 heteroatoms. The van der Waals surface area contributed by atoms with Crippen molar-refractivity contribution in [2.45, 2.75) is 155 Å². The number of aryl methyl sites for hydroxylation is 7. The zero-order chi connectivity index (χ0) is 98.3. The number of carbonyl (C=O) groups is 2. The van der Waals surface area contributed by atoms with Gasteiger partial charge in [0.25, 0.3) is 35.8 Å². The molecular formula is C89H85B3ClF12N20O11PdS2-. The second-order valence-corrected chi connectivity index (χ2v) is 38.2. The third kappa shape index (κ3) is 20.1. The number of benzene rings is 6. The van der Waals surface area contributed by atoms with E-state index in [-0.39, 0.29) is 162 Å². The smallest absolute Gasteiger partial charge is 0.426 e. The van der Waals surface area contributed by atoms with E-state index in [1.165, 1.54) is 47.7 Å². The molecule has 3 fully saturated rings. The third-order valence-corrected chi connectivity index (χ3v) is 25.6. The molecule has 0 radical (unpaired) electrons. The molecule has 31 nitrogen and oxygen atoms in total. The number of nitrogens with one attached hydrogen (secondary N) is 4. The van der Waals surface area contributed by atoms with Crippen LogP contribution in [0, 0.1) is 63.3 Å². The third-order valence-electron chi connectivity index (χ3n) is 24.1. The van der Waals surface area contributed by atoms with Crippen molar-refractivity contribution in [3.8, 4) is 33.9 Å². The Morgan fingerprint density at radius 3 is 1.27 bits per heavy atom. The molecular weight excluding hydrogens is 1990 g/mol. The largest absolute Gasteiger partial charge is 0.453 e. The standard InChI is InChI=1S/C43H38F6N10O4S.C42H35ClF6N10O4S.C3H9B3O3.CH3.Pd/c1-6-25-16-29(51-20(3)50-25)22-8-9-26-30(14-22)53-41(59(42(26)61)32-10-7-19(2)34-37(32)57(4)55-40(34)56-64(5,62)63)31(13-21-11-23(44)15-24(45)12-21)52-33(60)18-58-38-35(36(54-58)39(46)47)27-17-28(27)43(38,48)49;1-5-23-15-28(51-18(2)50-23)20-6-7-24-29(13-20)53-40(59(41(24)61)31-9-8-27(43)34-36(31)57(3)55-39(34)56-64(4,62)63)30(12-19-10-21(44)14-22(45)11-19)52-32(60)17-58-37-33(35(54-58)38(46)47)25-16-26(25)42(37,48)49;1-4-7-5(2)9-6(3)8-4;;/h7-12,14-16,27-28,31,39H,6,13,17-18H2,1-5H3,(H,52,60)(H,55,56);6-11,13-15,25-26,30,38H,5,12,16-17H2,1-4H3,(H,52,60)(H,55,56);1-3H3;1H3;/q;;;-1;/t27-,28+,31-;25-,26+,30-;;;/m00.../s1. The molecule has 9 heterocycles. The van der Waals surface area contributed by atoms with Crippen LogP contribution in [0.4, 0.5) is 64.3 Å². The molecule has 6 atom stereocenters. The zero-order valence-electron chi connectivity index (χ0n) is 76.1. The Balaban J connectivity index is 0.000000190. The van der Waals surface area contributed by atoms with E-state index in [0.29, 0.717) is 79.5 Å². The number of halogens is 13. The van der Waals surface area contributed by atoms with Crippen LogP contribution in [0.1, 0.15) is 149 Å². The number of alkyl halides is 8. The van der Waals surface area contributed by atoms with Crippen molar-refractivity contribution in [3.05, 3.63) is 251 Å². The number of anilines is 2. The normalized spacial score (nSPS) is 17.0. The average Bonchev–Trinajstić information content (AvgIpc) is 1.52. The van der Waals surface area contributed by atoms with Crippen LogP contribution in [-0.4, -0.2) is 141 Å². The maximum atomic E-state index is 15.6. The van der Waals surface area contributed by atoms with Crippen molar-refractivity contribution in [3.63, 3.8) is 0 Å². The summed E-state index contributed by atoms with van der Waals surface area (Å²) in [6, 6.07) is 21.3. The summed E-state index contributed by atoms with van der Waals surface area (Å²) in [5.41, 5.74) is -0.528. The van der Waals surface area contributed by atoms with E-state index >= 15 is 27.2 Å². The molecule has 0 unspecified atom stereocenters. The van der Waals surface area contributed by atoms with Crippen molar-refractivity contribution >= 4 is 120 Å². The number of rotatable bonds is 24. The molecule has 5 aliphatic rings. The van der Waals surface area contributed by atoms with Gasteiger partial charge >= 0.3 is 21.4 Å². The van der Waals surface area contributed by atoms with E-state index < -0.39 is 175 Å². The number of nitrogens with zero attached hydrogens (tertiary/aromatic N) is 16. The molecule has 4 N–H and O–H groups in total. The Morgan fingerprint density at radius 2 is 0.899 bits per heavy atom. The predicted octanol–water partition coefficient (Wildman–Crippen LogP) is 15.2. The first kappa shape index (κ1) is 101. The maximum absolute atomic E-state index is 15.6. The van der Waals surface area contributed by atoms with Gasteiger partial charge < -0.3 is 31.8 Å². The first-order chi connectivity index (χ1) is 64.6. The second-order valence-electron chi connectivity index (χ2n) is 34.3. The fourth-order valence-corrected chi connectivity index (χ4v) is 19.7. The number of hydrogen-bond acceptors (Lipinski definition) is 21. The SMILES string of the molecule is CB1OB(C)OB(C)O1.CCc1cc(-c2ccc3c(=O)n(-c4ccc(C)c5c(NS(C)(=O)=O)nn(C)c45)c([C@H](Cc4cc(F)cc(F)c4)NC(=O)Cn4nc(C(F)F)c5c4C(F)(F)[C@@H]4C[C@H]54)nc3c2)nc(C)n1.CCc1cc(-c2ccc3c(=O)n(-c4ccc(Cl)c5c(NS(C)(=O)=O)nn(C)c45)c([C@H](Cc4cc(F)cc(F)c4)NC(=O)Cn4nc(C(F)F)c5c4C(F)(F)[C@@H]4C[C@H]54)nc3c2)nc(C)n1.[CH3-].[Pd]. The summed E-state index contributed by atoms with van der Waals surface area (Å²) in [4.78, 5) is 86.5. The molecule has 14 aromatic rings. The Bertz CT molecular complexity index is 7220. The molecule has 0 spiro atoms. The summed E-state index contributed by atoms with van der Waals surface area (Å²) < 4.78 is 254. The van der Waals surface area contributed by atoms with E-state index in [4.69, 9.17) is 35.3 Å². The van der Waals surface area contributed by atoms with Crippen molar-refractivity contribution in [2.24, 2.45) is 25.9 Å². The van der Waals surface area contributed by atoms with Gasteiger partial charge in [-0.05, 0) is 174 Å². The number of hydrogen-bond donors (Lipinski definition) is 4. The van der Waals surface area contributed by atoms with Crippen molar-refractivity contribution < 1.29 is 113 Å². The fraction of sp³-hybridized carbons (Fsp3) is 0.337. The number of aromatic nitrogens is 16. The Morgan fingerprint density at radius 1 is 0.525 bits per heavy atom. The molecule has 19 rings (SSSR count). The van der Waals surface area contributed by atoms with Crippen molar-refractivity contribution in [1.29, 1.82) is 0 Å². The van der Waals surface area contributed by atoms with Gasteiger partial charge in [-0.15, -0.1) is 0 Å². The van der Waals surface area contributed by atoms with Gasteiger partial charge in [-0.1, -0.05) is 43.6 Å². The first-order valence-corrected chi connectivity index (χ1v) is 47.2.